The molecule has 0 bridgehead atoms. The van der Waals surface area contributed by atoms with Gasteiger partial charge in [0.2, 0.25) is 5.17 Å². The zero-order valence-electron chi connectivity index (χ0n) is 17.2. The number of hydrogen-bond acceptors (Lipinski definition) is 8. The van der Waals surface area contributed by atoms with Gasteiger partial charge in [0.15, 0.2) is 11.9 Å². The molecule has 1 unspecified atom stereocenters. The summed E-state index contributed by atoms with van der Waals surface area (Å²) in [6, 6.07) is 1.13. The van der Waals surface area contributed by atoms with E-state index < -0.39 is 41.2 Å². The average Bonchev–Trinajstić information content (AvgIpc) is 3.17. The van der Waals surface area contributed by atoms with E-state index in [2.05, 4.69) is 25.2 Å². The van der Waals surface area contributed by atoms with Crippen LogP contribution in [0.25, 0.3) is 0 Å². The molecule has 7 nitrogen and oxygen atoms in total. The highest BCUT2D eigenvalue weighted by Crippen LogP contribution is 2.39. The van der Waals surface area contributed by atoms with E-state index in [1.165, 1.54) is 6.92 Å². The van der Waals surface area contributed by atoms with Gasteiger partial charge >= 0.3 is 18.3 Å². The fourth-order valence-corrected chi connectivity index (χ4v) is 3.60. The number of amidine groups is 1. The van der Waals surface area contributed by atoms with Crippen molar-refractivity contribution in [1.82, 2.24) is 9.97 Å². The normalized spacial score (nSPS) is 16.2. The van der Waals surface area contributed by atoms with Crippen molar-refractivity contribution in [2.45, 2.75) is 44.3 Å². The molecule has 0 radical (unpaired) electrons. The van der Waals surface area contributed by atoms with Gasteiger partial charge in [-0.3, -0.25) is 0 Å². The number of benzene rings is 1. The molecule has 0 fully saturated rings. The second-order valence-electron chi connectivity index (χ2n) is 6.71. The van der Waals surface area contributed by atoms with Crippen LogP contribution in [0.4, 0.5) is 26.3 Å². The lowest BCUT2D eigenvalue weighted by Gasteiger charge is -2.14. The molecule has 1 aromatic heterocycles. The summed E-state index contributed by atoms with van der Waals surface area (Å²) in [6.45, 7) is 4.85. The summed E-state index contributed by atoms with van der Waals surface area (Å²) < 4.78 is 83.6. The van der Waals surface area contributed by atoms with Crippen molar-refractivity contribution in [3.8, 4) is 0 Å². The SMILES string of the molecule is CCOC(=O)c1nc(C)nc(SC2=NC(c3cc(C(F)(F)F)cc(C(F)(F)F)c3)N=N2)c1C. The molecule has 33 heavy (non-hydrogen) atoms. The number of carbonyl (C=O) groups excluding carboxylic acids is 1. The Morgan fingerprint density at radius 3 is 2.18 bits per heavy atom. The summed E-state index contributed by atoms with van der Waals surface area (Å²) in [6.07, 6.45) is -11.4. The van der Waals surface area contributed by atoms with Crippen LogP contribution in [0.5, 0.6) is 0 Å². The number of aryl methyl sites for hydroxylation is 1. The molecule has 0 aliphatic carbocycles. The molecular weight excluding hydrogens is 476 g/mol. The van der Waals surface area contributed by atoms with Crippen LogP contribution in [0.3, 0.4) is 0 Å². The minimum Gasteiger partial charge on any atom is -0.461 e. The number of ether oxygens (including phenoxy) is 1. The summed E-state index contributed by atoms with van der Waals surface area (Å²) in [4.78, 5) is 24.4. The van der Waals surface area contributed by atoms with Crippen molar-refractivity contribution in [1.29, 1.82) is 0 Å². The van der Waals surface area contributed by atoms with E-state index in [-0.39, 0.29) is 34.4 Å². The van der Waals surface area contributed by atoms with Gasteiger partial charge in [-0.15, -0.1) is 5.11 Å². The highest BCUT2D eigenvalue weighted by Gasteiger charge is 2.38. The first kappa shape index (κ1) is 24.6. The zero-order valence-corrected chi connectivity index (χ0v) is 18.1. The van der Waals surface area contributed by atoms with Crippen molar-refractivity contribution in [3.63, 3.8) is 0 Å². The third kappa shape index (κ3) is 5.67. The van der Waals surface area contributed by atoms with Crippen LogP contribution < -0.4 is 0 Å². The number of nitrogens with zero attached hydrogens (tertiary/aromatic N) is 5. The Labute approximate surface area is 187 Å². The molecular formula is C19H15F6N5O2S. The molecule has 3 rings (SSSR count). The first-order valence-electron chi connectivity index (χ1n) is 9.27. The number of aliphatic imine (C=N–C) groups is 1. The summed E-state index contributed by atoms with van der Waals surface area (Å²) in [5.74, 6) is -0.426. The maximum absolute atomic E-state index is 13.1. The Morgan fingerprint density at radius 2 is 1.64 bits per heavy atom. The number of carbonyl (C=O) groups is 1. The lowest BCUT2D eigenvalue weighted by atomic mass is 10.0. The second-order valence-corrected chi connectivity index (χ2v) is 7.67. The number of rotatable bonds is 4. The number of alkyl halides is 6. The van der Waals surface area contributed by atoms with Crippen LogP contribution in [0, 0.1) is 13.8 Å². The fraction of sp³-hybridized carbons (Fsp3) is 0.368. The Bertz CT molecular complexity index is 1110. The molecule has 0 N–H and O–H groups in total. The predicted molar refractivity (Wildman–Crippen MR) is 105 cm³/mol. The van der Waals surface area contributed by atoms with E-state index in [1.807, 2.05) is 0 Å². The Morgan fingerprint density at radius 1 is 1.03 bits per heavy atom. The van der Waals surface area contributed by atoms with E-state index in [0.29, 0.717) is 17.7 Å². The molecule has 0 saturated heterocycles. The first-order chi connectivity index (χ1) is 15.3. The van der Waals surface area contributed by atoms with Gasteiger partial charge in [0, 0.05) is 11.1 Å². The molecule has 1 aliphatic rings. The maximum Gasteiger partial charge on any atom is 0.416 e. The summed E-state index contributed by atoms with van der Waals surface area (Å²) >= 11 is 0.846. The van der Waals surface area contributed by atoms with Crippen molar-refractivity contribution in [2.75, 3.05) is 6.61 Å². The minimum absolute atomic E-state index is 0.0200. The number of thioether (sulfide) groups is 1. The number of azo groups is 1. The zero-order chi connectivity index (χ0) is 24.6. The van der Waals surface area contributed by atoms with Crippen molar-refractivity contribution in [2.24, 2.45) is 15.2 Å². The molecule has 0 saturated carbocycles. The number of halogens is 6. The standard InChI is InChI=1S/C19H15F6N5O2S/c1-4-32-16(31)13-8(2)15(27-9(3)26-13)33-17-28-14(29-30-17)10-5-11(18(20,21)22)7-12(6-10)19(23,24)25/h5-7,14H,4H2,1-3H3. The van der Waals surface area contributed by atoms with E-state index in [0.717, 1.165) is 11.8 Å². The topological polar surface area (TPSA) is 89.2 Å². The summed E-state index contributed by atoms with van der Waals surface area (Å²) in [5, 5.41) is 7.67. The van der Waals surface area contributed by atoms with Gasteiger partial charge in [-0.2, -0.15) is 31.5 Å². The molecule has 176 valence electrons. The van der Waals surface area contributed by atoms with Crippen molar-refractivity contribution >= 4 is 22.9 Å². The van der Waals surface area contributed by atoms with Gasteiger partial charge in [0.05, 0.1) is 17.7 Å². The molecule has 1 aromatic carbocycles. The Balaban J connectivity index is 1.94. The molecule has 1 atom stereocenters. The smallest absolute Gasteiger partial charge is 0.416 e. The highest BCUT2D eigenvalue weighted by atomic mass is 32.2. The third-order valence-electron chi connectivity index (χ3n) is 4.26. The van der Waals surface area contributed by atoms with E-state index in [9.17, 15) is 31.1 Å². The monoisotopic (exact) mass is 491 g/mol. The third-order valence-corrected chi connectivity index (χ3v) is 5.22. The van der Waals surface area contributed by atoms with Gasteiger partial charge in [-0.05, 0) is 50.7 Å². The van der Waals surface area contributed by atoms with E-state index in [4.69, 9.17) is 4.74 Å². The fourth-order valence-electron chi connectivity index (χ4n) is 2.76. The van der Waals surface area contributed by atoms with Crippen LogP contribution in [-0.4, -0.2) is 27.7 Å². The summed E-state index contributed by atoms with van der Waals surface area (Å²) in [7, 11) is 0. The number of esters is 1. The quantitative estimate of drug-likeness (QED) is 0.301. The van der Waals surface area contributed by atoms with Crippen LogP contribution in [0.15, 0.2) is 38.4 Å². The first-order valence-corrected chi connectivity index (χ1v) is 10.1. The van der Waals surface area contributed by atoms with E-state index >= 15 is 0 Å². The predicted octanol–water partition coefficient (Wildman–Crippen LogP) is 5.92. The van der Waals surface area contributed by atoms with Crippen molar-refractivity contribution < 1.29 is 35.9 Å². The van der Waals surface area contributed by atoms with Crippen molar-refractivity contribution in [3.05, 3.63) is 52.0 Å². The molecule has 14 heteroatoms. The Kier molecular flexibility index (Phi) is 6.77. The lowest BCUT2D eigenvalue weighted by Crippen LogP contribution is -2.12. The molecule has 1 aliphatic heterocycles. The van der Waals surface area contributed by atoms with Gasteiger partial charge in [0.1, 0.15) is 10.9 Å². The highest BCUT2D eigenvalue weighted by molar-refractivity contribution is 8.13. The minimum atomic E-state index is -4.99. The summed E-state index contributed by atoms with van der Waals surface area (Å²) in [5.41, 5.74) is -2.99. The van der Waals surface area contributed by atoms with Gasteiger partial charge in [0.25, 0.3) is 0 Å². The maximum atomic E-state index is 13.1. The Hall–Kier alpha value is -3.03. The largest absolute Gasteiger partial charge is 0.461 e. The van der Waals surface area contributed by atoms with Crippen LogP contribution >= 0.6 is 11.8 Å². The van der Waals surface area contributed by atoms with Gasteiger partial charge in [-0.25, -0.2) is 19.8 Å². The number of aromatic nitrogens is 2. The second kappa shape index (κ2) is 9.08. The van der Waals surface area contributed by atoms with Gasteiger partial charge < -0.3 is 4.74 Å². The van der Waals surface area contributed by atoms with Gasteiger partial charge in [-0.1, -0.05) is 0 Å². The molecule has 2 aromatic rings. The average molecular weight is 491 g/mol. The lowest BCUT2D eigenvalue weighted by molar-refractivity contribution is -0.143. The van der Waals surface area contributed by atoms with Crippen LogP contribution in [0.1, 0.15) is 51.7 Å². The molecule has 0 amide bonds. The molecule has 2 heterocycles. The molecule has 0 spiro atoms. The number of hydrogen-bond donors (Lipinski definition) is 0. The van der Waals surface area contributed by atoms with Crippen LogP contribution in [0.2, 0.25) is 0 Å². The van der Waals surface area contributed by atoms with Crippen LogP contribution in [-0.2, 0) is 17.1 Å². The van der Waals surface area contributed by atoms with E-state index in [1.54, 1.807) is 13.8 Å².